The molecule has 4 aliphatic carbocycles. The van der Waals surface area contributed by atoms with Crippen molar-refractivity contribution in [2.45, 2.75) is 85.0 Å². The molecule has 0 aromatic heterocycles. The van der Waals surface area contributed by atoms with Gasteiger partial charge in [-0.1, -0.05) is 45.8 Å². The van der Waals surface area contributed by atoms with Crippen molar-refractivity contribution >= 4 is 5.97 Å². The van der Waals surface area contributed by atoms with Crippen LogP contribution in [0.3, 0.4) is 0 Å². The lowest BCUT2D eigenvalue weighted by atomic mass is 9.46. The van der Waals surface area contributed by atoms with Gasteiger partial charge >= 0.3 is 5.97 Å². The molecule has 3 saturated carbocycles. The van der Waals surface area contributed by atoms with Gasteiger partial charge in [-0.3, -0.25) is 4.79 Å². The van der Waals surface area contributed by atoms with Gasteiger partial charge in [0.25, 0.3) is 0 Å². The van der Waals surface area contributed by atoms with Crippen LogP contribution in [0.1, 0.15) is 85.0 Å². The number of rotatable bonds is 4. The first-order valence-corrected chi connectivity index (χ1v) is 11.3. The second-order valence-electron chi connectivity index (χ2n) is 10.7. The predicted molar refractivity (Wildman–Crippen MR) is 106 cm³/mol. The lowest BCUT2D eigenvalue weighted by Crippen LogP contribution is -2.51. The van der Waals surface area contributed by atoms with E-state index in [1.807, 2.05) is 0 Å². The molecule has 0 aliphatic heterocycles. The molecule has 0 spiro atoms. The lowest BCUT2D eigenvalue weighted by Gasteiger charge is -2.58. The van der Waals surface area contributed by atoms with Crippen molar-refractivity contribution in [1.82, 2.24) is 0 Å². The molecular formula is C24H38O2. The topological polar surface area (TPSA) is 37.3 Å². The van der Waals surface area contributed by atoms with Gasteiger partial charge in [0.15, 0.2) is 0 Å². The average molecular weight is 359 g/mol. The van der Waals surface area contributed by atoms with Gasteiger partial charge in [-0.05, 0) is 91.3 Å². The van der Waals surface area contributed by atoms with Crippen molar-refractivity contribution < 1.29 is 9.90 Å². The predicted octanol–water partition coefficient (Wildman–Crippen LogP) is 6.31. The Hall–Kier alpha value is -0.790. The molecule has 0 saturated heterocycles. The van der Waals surface area contributed by atoms with Crippen molar-refractivity contribution in [3.63, 3.8) is 0 Å². The molecule has 0 radical (unpaired) electrons. The van der Waals surface area contributed by atoms with E-state index >= 15 is 0 Å². The van der Waals surface area contributed by atoms with Crippen LogP contribution in [-0.4, -0.2) is 11.1 Å². The van der Waals surface area contributed by atoms with Gasteiger partial charge in [0.1, 0.15) is 0 Å². The van der Waals surface area contributed by atoms with Crippen molar-refractivity contribution in [3.05, 3.63) is 12.2 Å². The smallest absolute Gasteiger partial charge is 0.303 e. The minimum Gasteiger partial charge on any atom is -0.481 e. The Morgan fingerprint density at radius 2 is 1.81 bits per heavy atom. The van der Waals surface area contributed by atoms with E-state index in [1.165, 1.54) is 51.4 Å². The molecule has 4 rings (SSSR count). The summed E-state index contributed by atoms with van der Waals surface area (Å²) in [4.78, 5) is 11.0. The van der Waals surface area contributed by atoms with Gasteiger partial charge in [-0.2, -0.15) is 0 Å². The number of carboxylic acid groups (broad SMARTS) is 1. The second-order valence-corrected chi connectivity index (χ2v) is 10.7. The van der Waals surface area contributed by atoms with Crippen LogP contribution in [0, 0.1) is 46.3 Å². The molecule has 2 nitrogen and oxygen atoms in total. The largest absolute Gasteiger partial charge is 0.481 e. The van der Waals surface area contributed by atoms with E-state index in [4.69, 9.17) is 5.11 Å². The van der Waals surface area contributed by atoms with Crippen LogP contribution >= 0.6 is 0 Å². The molecule has 26 heavy (non-hydrogen) atoms. The first-order chi connectivity index (χ1) is 12.4. The summed E-state index contributed by atoms with van der Waals surface area (Å²) in [5.41, 5.74) is 0.979. The minimum atomic E-state index is -0.633. The minimum absolute atomic E-state index is 0.337. The highest BCUT2D eigenvalue weighted by molar-refractivity contribution is 5.66. The number of hydrogen-bond acceptors (Lipinski definition) is 1. The zero-order chi connectivity index (χ0) is 18.5. The third kappa shape index (κ3) is 2.78. The van der Waals surface area contributed by atoms with Crippen molar-refractivity contribution in [2.75, 3.05) is 0 Å². The Morgan fingerprint density at radius 3 is 2.58 bits per heavy atom. The summed E-state index contributed by atoms with van der Waals surface area (Å²) in [6.45, 7) is 7.50. The first kappa shape index (κ1) is 18.6. The van der Waals surface area contributed by atoms with Crippen LogP contribution in [0.25, 0.3) is 0 Å². The number of hydrogen-bond donors (Lipinski definition) is 1. The monoisotopic (exact) mass is 358 g/mol. The van der Waals surface area contributed by atoms with Gasteiger partial charge in [0.2, 0.25) is 0 Å². The molecule has 1 unspecified atom stereocenters. The molecule has 4 aliphatic rings. The van der Waals surface area contributed by atoms with Crippen LogP contribution < -0.4 is 0 Å². The highest BCUT2D eigenvalue weighted by atomic mass is 16.4. The van der Waals surface area contributed by atoms with E-state index < -0.39 is 5.97 Å². The number of carboxylic acids is 1. The lowest BCUT2D eigenvalue weighted by molar-refractivity contribution is -0.137. The van der Waals surface area contributed by atoms with Crippen LogP contribution in [-0.2, 0) is 4.79 Å². The van der Waals surface area contributed by atoms with E-state index in [-0.39, 0.29) is 0 Å². The molecule has 0 heterocycles. The van der Waals surface area contributed by atoms with E-state index in [2.05, 4.69) is 32.9 Å². The Balaban J connectivity index is 1.55. The van der Waals surface area contributed by atoms with Crippen molar-refractivity contribution in [3.8, 4) is 0 Å². The summed E-state index contributed by atoms with van der Waals surface area (Å²) in [6.07, 6.45) is 17.6. The summed E-state index contributed by atoms with van der Waals surface area (Å²) in [6, 6.07) is 0. The summed E-state index contributed by atoms with van der Waals surface area (Å²) in [5, 5.41) is 9.09. The maximum absolute atomic E-state index is 11.0. The highest BCUT2D eigenvalue weighted by Gasteiger charge is 2.58. The molecule has 146 valence electrons. The molecule has 0 amide bonds. The number of carbonyl (C=O) groups is 1. The van der Waals surface area contributed by atoms with Crippen LogP contribution in [0.2, 0.25) is 0 Å². The van der Waals surface area contributed by atoms with E-state index in [0.717, 1.165) is 36.0 Å². The summed E-state index contributed by atoms with van der Waals surface area (Å²) in [5.74, 6) is 3.96. The maximum Gasteiger partial charge on any atom is 0.303 e. The Morgan fingerprint density at radius 1 is 1.04 bits per heavy atom. The fourth-order valence-corrected chi connectivity index (χ4v) is 8.18. The van der Waals surface area contributed by atoms with Gasteiger partial charge in [-0.25, -0.2) is 0 Å². The number of allylic oxidation sites excluding steroid dienone is 2. The van der Waals surface area contributed by atoms with Crippen molar-refractivity contribution in [2.24, 2.45) is 46.3 Å². The molecule has 2 heteroatoms. The summed E-state index contributed by atoms with van der Waals surface area (Å²) >= 11 is 0. The fourth-order valence-electron chi connectivity index (χ4n) is 8.18. The third-order valence-electron chi connectivity index (χ3n) is 9.65. The second kappa shape index (κ2) is 6.67. The average Bonchev–Trinajstić information content (AvgIpc) is 2.96. The Kier molecular flexibility index (Phi) is 4.77. The normalized spacial score (nSPS) is 48.3. The quantitative estimate of drug-likeness (QED) is 0.598. The number of fused-ring (bicyclic) bond motifs is 5. The van der Waals surface area contributed by atoms with Crippen LogP contribution in [0.15, 0.2) is 12.2 Å². The Bertz CT molecular complexity index is 581. The molecule has 0 aromatic rings. The SMILES string of the molecule is C[C@H](CCC(=O)O)[C@H]1CC[C@H]2[C@@H]3C=CC4CCCC[C@]4(C)[C@H]3CC[C@]12C. The van der Waals surface area contributed by atoms with Gasteiger partial charge < -0.3 is 5.11 Å². The van der Waals surface area contributed by atoms with Gasteiger partial charge in [0, 0.05) is 6.42 Å². The maximum atomic E-state index is 11.0. The van der Waals surface area contributed by atoms with Gasteiger partial charge in [0.05, 0.1) is 0 Å². The van der Waals surface area contributed by atoms with Gasteiger partial charge in [-0.15, -0.1) is 0 Å². The molecule has 1 N–H and O–H groups in total. The zero-order valence-electron chi connectivity index (χ0n) is 17.0. The fraction of sp³-hybridized carbons (Fsp3) is 0.875. The molecular weight excluding hydrogens is 320 g/mol. The van der Waals surface area contributed by atoms with E-state index in [1.54, 1.807) is 0 Å². The van der Waals surface area contributed by atoms with Crippen LogP contribution in [0.4, 0.5) is 0 Å². The summed E-state index contributed by atoms with van der Waals surface area (Å²) in [7, 11) is 0. The summed E-state index contributed by atoms with van der Waals surface area (Å²) < 4.78 is 0. The van der Waals surface area contributed by atoms with Crippen molar-refractivity contribution in [1.29, 1.82) is 0 Å². The highest BCUT2D eigenvalue weighted by Crippen LogP contribution is 2.66. The standard InChI is InChI=1S/C24H38O2/c1-16(7-12-22(25)26)19-10-11-20-18-9-8-17-6-4-5-14-23(17,2)21(18)13-15-24(19,20)3/h8-9,16-21H,4-7,10-15H2,1-3H3,(H,25,26)/t16-,17?,18+,19-,20+,21+,23+,24-/m1/s1. The van der Waals surface area contributed by atoms with E-state index in [0.29, 0.717) is 23.2 Å². The van der Waals surface area contributed by atoms with Crippen LogP contribution in [0.5, 0.6) is 0 Å². The van der Waals surface area contributed by atoms with E-state index in [9.17, 15) is 4.79 Å². The Labute approximate surface area is 159 Å². The zero-order valence-corrected chi connectivity index (χ0v) is 17.0. The molecule has 0 aromatic carbocycles. The third-order valence-corrected chi connectivity index (χ3v) is 9.65. The molecule has 0 bridgehead atoms. The number of aliphatic carboxylic acids is 1. The first-order valence-electron chi connectivity index (χ1n) is 11.3. The molecule has 3 fully saturated rings. The molecule has 8 atom stereocenters.